The van der Waals surface area contributed by atoms with Gasteiger partial charge >= 0.3 is 0 Å². The van der Waals surface area contributed by atoms with Gasteiger partial charge in [-0.1, -0.05) is 71.9 Å². The number of nitrogens with one attached hydrogen (secondary N) is 1. The van der Waals surface area contributed by atoms with Crippen molar-refractivity contribution in [3.8, 4) is 11.4 Å². The van der Waals surface area contributed by atoms with E-state index in [1.807, 2.05) is 39.9 Å². The number of fused-ring (bicyclic) bond motifs is 1. The summed E-state index contributed by atoms with van der Waals surface area (Å²) in [5, 5.41) is 9.27. The van der Waals surface area contributed by atoms with E-state index in [2.05, 4.69) is 46.8 Å². The predicted octanol–water partition coefficient (Wildman–Crippen LogP) is 4.03. The van der Waals surface area contributed by atoms with E-state index in [1.54, 1.807) is 0 Å². The van der Waals surface area contributed by atoms with E-state index >= 15 is 0 Å². The Labute approximate surface area is 180 Å². The molecule has 1 aromatic heterocycles. The molecule has 1 amide bonds. The van der Waals surface area contributed by atoms with Gasteiger partial charge in [-0.15, -0.1) is 10.2 Å². The Morgan fingerprint density at radius 2 is 1.73 bits per heavy atom. The van der Waals surface area contributed by atoms with Gasteiger partial charge in [-0.05, 0) is 31.7 Å². The third-order valence-corrected chi connectivity index (χ3v) is 7.02. The standard InChI is InChI=1S/C23H25N5OS/c1-16-10-12-17(13-11-16)19-20(22(29)27-14-6-3-7-15-27)30-23-25-24-21(28(23)26-19)18-8-4-2-5-9-18/h2,4-5,8-13,19-20,26H,3,6-7,14-15H2,1H3. The molecule has 2 unspecified atom stereocenters. The maximum absolute atomic E-state index is 13.5. The molecule has 2 aromatic carbocycles. The number of hydrogen-bond acceptors (Lipinski definition) is 5. The second-order valence-corrected chi connectivity index (χ2v) is 9.06. The molecule has 1 saturated heterocycles. The number of likely N-dealkylation sites (tertiary alicyclic amines) is 1. The van der Waals surface area contributed by atoms with E-state index in [0.717, 1.165) is 48.0 Å². The maximum atomic E-state index is 13.5. The number of rotatable bonds is 3. The van der Waals surface area contributed by atoms with Gasteiger partial charge in [-0.25, -0.2) is 4.68 Å². The van der Waals surface area contributed by atoms with Gasteiger partial charge in [-0.2, -0.15) is 0 Å². The monoisotopic (exact) mass is 419 g/mol. The summed E-state index contributed by atoms with van der Waals surface area (Å²) in [5.41, 5.74) is 6.87. The van der Waals surface area contributed by atoms with Crippen molar-refractivity contribution in [2.24, 2.45) is 0 Å². The summed E-state index contributed by atoms with van der Waals surface area (Å²) in [5.74, 6) is 0.951. The Bertz CT molecular complexity index is 1030. The lowest BCUT2D eigenvalue weighted by Crippen LogP contribution is -2.47. The number of hydrogen-bond donors (Lipinski definition) is 1. The third kappa shape index (κ3) is 3.58. The molecule has 30 heavy (non-hydrogen) atoms. The van der Waals surface area contributed by atoms with Gasteiger partial charge in [-0.3, -0.25) is 4.79 Å². The van der Waals surface area contributed by atoms with Gasteiger partial charge < -0.3 is 10.3 Å². The van der Waals surface area contributed by atoms with Crippen LogP contribution >= 0.6 is 11.8 Å². The quantitative estimate of drug-likeness (QED) is 0.695. The van der Waals surface area contributed by atoms with E-state index in [4.69, 9.17) is 0 Å². The lowest BCUT2D eigenvalue weighted by Gasteiger charge is -2.37. The van der Waals surface area contributed by atoms with Crippen LogP contribution in [0.25, 0.3) is 11.4 Å². The lowest BCUT2D eigenvalue weighted by atomic mass is 10.0. The second kappa shape index (κ2) is 8.14. The average Bonchev–Trinajstić information content (AvgIpc) is 3.22. The second-order valence-electron chi connectivity index (χ2n) is 7.95. The zero-order chi connectivity index (χ0) is 20.5. The summed E-state index contributed by atoms with van der Waals surface area (Å²) in [6, 6.07) is 18.3. The minimum atomic E-state index is -0.272. The number of amides is 1. The van der Waals surface area contributed by atoms with Crippen molar-refractivity contribution < 1.29 is 4.79 Å². The van der Waals surface area contributed by atoms with Crippen molar-refractivity contribution in [3.63, 3.8) is 0 Å². The highest BCUT2D eigenvalue weighted by Crippen LogP contribution is 2.39. The van der Waals surface area contributed by atoms with Crippen molar-refractivity contribution in [2.75, 3.05) is 18.5 Å². The molecule has 0 bridgehead atoms. The van der Waals surface area contributed by atoms with E-state index in [9.17, 15) is 4.79 Å². The summed E-state index contributed by atoms with van der Waals surface area (Å²) < 4.78 is 1.94. The van der Waals surface area contributed by atoms with Crippen molar-refractivity contribution in [1.29, 1.82) is 0 Å². The molecule has 3 heterocycles. The molecule has 3 aromatic rings. The fourth-order valence-electron chi connectivity index (χ4n) is 4.14. The number of aryl methyl sites for hydroxylation is 1. The van der Waals surface area contributed by atoms with Crippen molar-refractivity contribution in [2.45, 2.75) is 42.6 Å². The smallest absolute Gasteiger partial charge is 0.238 e. The van der Waals surface area contributed by atoms with Gasteiger partial charge in [0.2, 0.25) is 11.1 Å². The van der Waals surface area contributed by atoms with Crippen LogP contribution in [0.5, 0.6) is 0 Å². The van der Waals surface area contributed by atoms with Crippen LogP contribution in [-0.4, -0.2) is 44.0 Å². The Morgan fingerprint density at radius 1 is 1.00 bits per heavy atom. The molecular weight excluding hydrogens is 394 g/mol. The molecule has 2 aliphatic heterocycles. The highest BCUT2D eigenvalue weighted by molar-refractivity contribution is 8.00. The fourth-order valence-corrected chi connectivity index (χ4v) is 5.30. The molecule has 0 spiro atoms. The first-order valence-corrected chi connectivity index (χ1v) is 11.4. The molecule has 2 aliphatic rings. The summed E-state index contributed by atoms with van der Waals surface area (Å²) in [6.07, 6.45) is 3.37. The van der Waals surface area contributed by atoms with Crippen LogP contribution in [0.3, 0.4) is 0 Å². The molecule has 154 valence electrons. The first-order chi connectivity index (χ1) is 14.7. The van der Waals surface area contributed by atoms with Crippen LogP contribution in [0, 0.1) is 6.92 Å². The molecule has 1 fully saturated rings. The number of carbonyl (C=O) groups excluding carboxylic acids is 1. The molecule has 0 radical (unpaired) electrons. The Kier molecular flexibility index (Phi) is 5.21. The van der Waals surface area contributed by atoms with Gasteiger partial charge in [0.15, 0.2) is 5.82 Å². The zero-order valence-corrected chi connectivity index (χ0v) is 17.8. The molecular formula is C23H25N5OS. The first kappa shape index (κ1) is 19.2. The first-order valence-electron chi connectivity index (χ1n) is 10.5. The predicted molar refractivity (Wildman–Crippen MR) is 119 cm³/mol. The molecule has 6 nitrogen and oxygen atoms in total. The number of benzene rings is 2. The van der Waals surface area contributed by atoms with E-state index in [0.29, 0.717) is 0 Å². The van der Waals surface area contributed by atoms with Crippen LogP contribution in [-0.2, 0) is 4.79 Å². The van der Waals surface area contributed by atoms with E-state index < -0.39 is 0 Å². The normalized spacial score (nSPS) is 21.0. The topological polar surface area (TPSA) is 63.1 Å². The zero-order valence-electron chi connectivity index (χ0n) is 17.0. The highest BCUT2D eigenvalue weighted by atomic mass is 32.2. The number of carbonyl (C=O) groups is 1. The number of nitrogens with zero attached hydrogens (tertiary/aromatic N) is 4. The molecule has 0 aliphatic carbocycles. The van der Waals surface area contributed by atoms with E-state index in [1.165, 1.54) is 23.7 Å². The summed E-state index contributed by atoms with van der Waals surface area (Å²) >= 11 is 1.52. The number of aromatic nitrogens is 3. The van der Waals surface area contributed by atoms with Crippen LogP contribution in [0.2, 0.25) is 0 Å². The minimum absolute atomic E-state index is 0.156. The summed E-state index contributed by atoms with van der Waals surface area (Å²) in [6.45, 7) is 3.77. The molecule has 7 heteroatoms. The van der Waals surface area contributed by atoms with Crippen molar-refractivity contribution >= 4 is 17.7 Å². The Hall–Kier alpha value is -2.80. The van der Waals surface area contributed by atoms with Gasteiger partial charge in [0, 0.05) is 18.7 Å². The average molecular weight is 420 g/mol. The number of thioether (sulfide) groups is 1. The molecule has 1 N–H and O–H groups in total. The molecule has 5 rings (SSSR count). The van der Waals surface area contributed by atoms with E-state index in [-0.39, 0.29) is 17.2 Å². The van der Waals surface area contributed by atoms with Crippen molar-refractivity contribution in [1.82, 2.24) is 19.8 Å². The Morgan fingerprint density at radius 3 is 2.47 bits per heavy atom. The number of piperidine rings is 1. The van der Waals surface area contributed by atoms with Gasteiger partial charge in [0.1, 0.15) is 5.25 Å². The third-order valence-electron chi connectivity index (χ3n) is 5.82. The van der Waals surface area contributed by atoms with Crippen LogP contribution in [0.15, 0.2) is 59.8 Å². The fraction of sp³-hybridized carbons (Fsp3) is 0.348. The maximum Gasteiger partial charge on any atom is 0.238 e. The van der Waals surface area contributed by atoms with Crippen LogP contribution in [0.4, 0.5) is 0 Å². The minimum Gasteiger partial charge on any atom is -0.342 e. The summed E-state index contributed by atoms with van der Waals surface area (Å²) in [7, 11) is 0. The van der Waals surface area contributed by atoms with Crippen LogP contribution < -0.4 is 5.43 Å². The SMILES string of the molecule is Cc1ccc(C2Nn3c(nnc3-c3ccccc3)SC2C(=O)N2CCCCC2)cc1. The highest BCUT2D eigenvalue weighted by Gasteiger charge is 2.40. The lowest BCUT2D eigenvalue weighted by molar-refractivity contribution is -0.131. The van der Waals surface area contributed by atoms with Crippen LogP contribution in [0.1, 0.15) is 36.4 Å². The Balaban J connectivity index is 1.53. The largest absolute Gasteiger partial charge is 0.342 e. The van der Waals surface area contributed by atoms with Crippen molar-refractivity contribution in [3.05, 3.63) is 65.7 Å². The molecule has 2 atom stereocenters. The summed E-state index contributed by atoms with van der Waals surface area (Å²) in [4.78, 5) is 15.5. The van der Waals surface area contributed by atoms with Gasteiger partial charge in [0.25, 0.3) is 0 Å². The van der Waals surface area contributed by atoms with Gasteiger partial charge in [0.05, 0.1) is 6.04 Å². The molecule has 0 saturated carbocycles.